The first kappa shape index (κ1) is 14.5. The van der Waals surface area contributed by atoms with Crippen LogP contribution in [0.1, 0.15) is 33.1 Å². The Hall–Kier alpha value is -0.580. The Labute approximate surface area is 111 Å². The molecule has 17 heavy (non-hydrogen) atoms. The van der Waals surface area contributed by atoms with E-state index in [1.165, 1.54) is 0 Å². The quantitative estimate of drug-likeness (QED) is 0.783. The molecular weight excluding hydrogens is 284 g/mol. The Bertz CT molecular complexity index is 282. The minimum atomic E-state index is -0.0602. The van der Waals surface area contributed by atoms with Gasteiger partial charge in [0.1, 0.15) is 0 Å². The van der Waals surface area contributed by atoms with Gasteiger partial charge in [0.25, 0.3) is 0 Å². The molecule has 98 valence electrons. The molecule has 1 aliphatic heterocycles. The number of amides is 2. The van der Waals surface area contributed by atoms with Crippen molar-refractivity contribution in [2.75, 3.05) is 19.6 Å². The van der Waals surface area contributed by atoms with Gasteiger partial charge in [0.2, 0.25) is 11.8 Å². The predicted octanol–water partition coefficient (Wildman–Crippen LogP) is 1.53. The highest BCUT2D eigenvalue weighted by molar-refractivity contribution is 9.10. The van der Waals surface area contributed by atoms with Crippen LogP contribution in [-0.4, -0.2) is 41.2 Å². The van der Waals surface area contributed by atoms with Crippen LogP contribution in [-0.2, 0) is 9.59 Å². The molecule has 0 aromatic carbocycles. The summed E-state index contributed by atoms with van der Waals surface area (Å²) in [5.74, 6) is 0.610. The van der Waals surface area contributed by atoms with Gasteiger partial charge in [-0.2, -0.15) is 0 Å². The van der Waals surface area contributed by atoms with Gasteiger partial charge >= 0.3 is 0 Å². The van der Waals surface area contributed by atoms with E-state index in [0.29, 0.717) is 25.4 Å². The fourth-order valence-electron chi connectivity index (χ4n) is 1.76. The second kappa shape index (κ2) is 6.99. The number of hydrogen-bond acceptors (Lipinski definition) is 2. The maximum atomic E-state index is 11.8. The van der Waals surface area contributed by atoms with Gasteiger partial charge in [-0.25, -0.2) is 0 Å². The summed E-state index contributed by atoms with van der Waals surface area (Å²) in [6.07, 6.45) is 2.31. The number of carbonyl (C=O) groups excluding carboxylic acids is 2. The van der Waals surface area contributed by atoms with Gasteiger partial charge in [0.15, 0.2) is 0 Å². The average Bonchev–Trinajstić information content (AvgIpc) is 2.28. The Morgan fingerprint density at radius 1 is 1.59 bits per heavy atom. The van der Waals surface area contributed by atoms with Crippen LogP contribution < -0.4 is 5.32 Å². The summed E-state index contributed by atoms with van der Waals surface area (Å²) >= 11 is 3.36. The third-order valence-corrected chi connectivity index (χ3v) is 3.63. The first-order valence-corrected chi connectivity index (χ1v) is 7.12. The molecule has 4 nitrogen and oxygen atoms in total. The summed E-state index contributed by atoms with van der Waals surface area (Å²) in [4.78, 5) is 25.0. The molecule has 1 heterocycles. The number of halogens is 1. The summed E-state index contributed by atoms with van der Waals surface area (Å²) in [5.41, 5.74) is 0. The largest absolute Gasteiger partial charge is 0.356 e. The molecular formula is C12H21BrN2O2. The molecule has 0 spiro atoms. The molecule has 1 fully saturated rings. The number of alkyl halides is 1. The lowest BCUT2D eigenvalue weighted by atomic mass is 10.1. The highest BCUT2D eigenvalue weighted by Crippen LogP contribution is 2.18. The molecule has 1 rings (SSSR count). The fraction of sp³-hybridized carbons (Fsp3) is 0.833. The number of nitrogens with one attached hydrogen (secondary N) is 1. The van der Waals surface area contributed by atoms with E-state index in [1.54, 1.807) is 4.90 Å². The minimum absolute atomic E-state index is 0.0307. The van der Waals surface area contributed by atoms with Crippen molar-refractivity contribution >= 4 is 27.7 Å². The van der Waals surface area contributed by atoms with Crippen LogP contribution in [0.4, 0.5) is 0 Å². The molecule has 1 unspecified atom stereocenters. The number of piperidine rings is 1. The lowest BCUT2D eigenvalue weighted by Crippen LogP contribution is -2.43. The van der Waals surface area contributed by atoms with Crippen molar-refractivity contribution in [3.8, 4) is 0 Å². The monoisotopic (exact) mass is 304 g/mol. The van der Waals surface area contributed by atoms with E-state index in [1.807, 2.05) is 0 Å². The van der Waals surface area contributed by atoms with Gasteiger partial charge in [-0.15, -0.1) is 0 Å². The van der Waals surface area contributed by atoms with E-state index in [4.69, 9.17) is 0 Å². The predicted molar refractivity (Wildman–Crippen MR) is 71.0 cm³/mol. The number of carbonyl (C=O) groups is 2. The van der Waals surface area contributed by atoms with Crippen LogP contribution in [0, 0.1) is 5.92 Å². The normalized spacial score (nSPS) is 20.8. The van der Waals surface area contributed by atoms with Gasteiger partial charge in [0.05, 0.1) is 4.83 Å². The zero-order valence-corrected chi connectivity index (χ0v) is 12.1. The molecule has 0 aliphatic carbocycles. The SMILES string of the molecule is CC(C)CNC(=O)CCN1CCCC(Br)C1=O. The van der Waals surface area contributed by atoms with Crippen LogP contribution >= 0.6 is 15.9 Å². The average molecular weight is 305 g/mol. The Balaban J connectivity index is 2.25. The van der Waals surface area contributed by atoms with Gasteiger partial charge in [-0.1, -0.05) is 29.8 Å². The van der Waals surface area contributed by atoms with Gasteiger partial charge < -0.3 is 10.2 Å². The molecule has 2 amide bonds. The van der Waals surface area contributed by atoms with Crippen LogP contribution in [0.3, 0.4) is 0 Å². The topological polar surface area (TPSA) is 49.4 Å². The third-order valence-electron chi connectivity index (χ3n) is 2.78. The van der Waals surface area contributed by atoms with Crippen molar-refractivity contribution in [3.05, 3.63) is 0 Å². The van der Waals surface area contributed by atoms with Gasteiger partial charge in [0, 0.05) is 26.1 Å². The summed E-state index contributed by atoms with van der Waals surface area (Å²) in [6, 6.07) is 0. The molecule has 1 N–H and O–H groups in total. The van der Waals surface area contributed by atoms with Crippen molar-refractivity contribution in [1.29, 1.82) is 0 Å². The minimum Gasteiger partial charge on any atom is -0.356 e. The van der Waals surface area contributed by atoms with Crippen molar-refractivity contribution < 1.29 is 9.59 Å². The smallest absolute Gasteiger partial charge is 0.236 e. The first-order chi connectivity index (χ1) is 8.00. The third kappa shape index (κ3) is 5.06. The van der Waals surface area contributed by atoms with Crippen LogP contribution in [0.15, 0.2) is 0 Å². The van der Waals surface area contributed by atoms with E-state index >= 15 is 0 Å². The van der Waals surface area contributed by atoms with E-state index < -0.39 is 0 Å². The van der Waals surface area contributed by atoms with Gasteiger partial charge in [-0.3, -0.25) is 9.59 Å². The molecule has 1 aliphatic rings. The van der Waals surface area contributed by atoms with Crippen molar-refractivity contribution in [1.82, 2.24) is 10.2 Å². The highest BCUT2D eigenvalue weighted by Gasteiger charge is 2.26. The van der Waals surface area contributed by atoms with Crippen LogP contribution in [0.2, 0.25) is 0 Å². The molecule has 0 bridgehead atoms. The van der Waals surface area contributed by atoms with Crippen molar-refractivity contribution in [3.63, 3.8) is 0 Å². The Morgan fingerprint density at radius 2 is 2.29 bits per heavy atom. The lowest BCUT2D eigenvalue weighted by Gasteiger charge is -2.29. The summed E-state index contributed by atoms with van der Waals surface area (Å²) < 4.78 is 0. The van der Waals surface area contributed by atoms with Crippen molar-refractivity contribution in [2.45, 2.75) is 37.9 Å². The molecule has 1 saturated heterocycles. The molecule has 1 atom stereocenters. The zero-order chi connectivity index (χ0) is 12.8. The Morgan fingerprint density at radius 3 is 2.94 bits per heavy atom. The maximum Gasteiger partial charge on any atom is 0.236 e. The van der Waals surface area contributed by atoms with Crippen LogP contribution in [0.5, 0.6) is 0 Å². The number of likely N-dealkylation sites (tertiary alicyclic amines) is 1. The number of rotatable bonds is 5. The van der Waals surface area contributed by atoms with Crippen LogP contribution in [0.25, 0.3) is 0 Å². The second-order valence-electron chi connectivity index (χ2n) is 4.88. The van der Waals surface area contributed by atoms with Crippen molar-refractivity contribution in [2.24, 2.45) is 5.92 Å². The molecule has 5 heteroatoms. The standard InChI is InChI=1S/C12H21BrN2O2/c1-9(2)8-14-11(16)5-7-15-6-3-4-10(13)12(15)17/h9-10H,3-8H2,1-2H3,(H,14,16). The molecule has 0 radical (unpaired) electrons. The second-order valence-corrected chi connectivity index (χ2v) is 5.99. The maximum absolute atomic E-state index is 11.8. The summed E-state index contributed by atoms with van der Waals surface area (Å²) in [7, 11) is 0. The molecule has 0 aromatic rings. The molecule has 0 saturated carbocycles. The molecule has 0 aromatic heterocycles. The lowest BCUT2D eigenvalue weighted by molar-refractivity contribution is -0.133. The van der Waals surface area contributed by atoms with E-state index in [-0.39, 0.29) is 16.6 Å². The van der Waals surface area contributed by atoms with E-state index in [0.717, 1.165) is 19.4 Å². The first-order valence-electron chi connectivity index (χ1n) is 6.20. The van der Waals surface area contributed by atoms with E-state index in [2.05, 4.69) is 35.1 Å². The number of nitrogens with zero attached hydrogens (tertiary/aromatic N) is 1. The number of hydrogen-bond donors (Lipinski definition) is 1. The summed E-state index contributed by atoms with van der Waals surface area (Å²) in [6.45, 7) is 6.13. The Kier molecular flexibility index (Phi) is 5.95. The van der Waals surface area contributed by atoms with E-state index in [9.17, 15) is 9.59 Å². The fourth-order valence-corrected chi connectivity index (χ4v) is 2.37. The van der Waals surface area contributed by atoms with Gasteiger partial charge in [-0.05, 0) is 18.8 Å². The zero-order valence-electron chi connectivity index (χ0n) is 10.5. The summed E-state index contributed by atoms with van der Waals surface area (Å²) in [5, 5.41) is 2.86. The highest BCUT2D eigenvalue weighted by atomic mass is 79.9.